The Kier molecular flexibility index (Phi) is 4.24. The van der Waals surface area contributed by atoms with Crippen molar-refractivity contribution in [1.82, 2.24) is 4.98 Å². The Bertz CT molecular complexity index is 1010. The number of aryl methyl sites for hydroxylation is 4. The zero-order valence-corrected chi connectivity index (χ0v) is 15.9. The van der Waals surface area contributed by atoms with Gasteiger partial charge in [-0.25, -0.2) is 4.98 Å². The summed E-state index contributed by atoms with van der Waals surface area (Å²) in [5.74, 6) is 0.793. The zero-order valence-electron chi connectivity index (χ0n) is 15.1. The van der Waals surface area contributed by atoms with Crippen molar-refractivity contribution >= 4 is 22.4 Å². The minimum absolute atomic E-state index is 0.120. The maximum absolute atomic E-state index is 12.5. The number of benzene rings is 2. The highest BCUT2D eigenvalue weighted by atomic mass is 32.1. The first-order valence-corrected chi connectivity index (χ1v) is 9.42. The fourth-order valence-corrected chi connectivity index (χ4v) is 4.34. The molecule has 0 saturated heterocycles. The number of amides is 1. The molecule has 3 aromatic rings. The summed E-state index contributed by atoms with van der Waals surface area (Å²) in [4.78, 5) is 18.4. The summed E-state index contributed by atoms with van der Waals surface area (Å²) in [7, 11) is 1.70. The first-order chi connectivity index (χ1) is 12.5. The van der Waals surface area contributed by atoms with Crippen molar-refractivity contribution in [3.8, 4) is 17.0 Å². The molecule has 0 fully saturated rings. The fourth-order valence-electron chi connectivity index (χ4n) is 3.37. The van der Waals surface area contributed by atoms with Crippen molar-refractivity contribution in [1.29, 1.82) is 0 Å². The Morgan fingerprint density at radius 3 is 2.81 bits per heavy atom. The SMILES string of the molecule is COc1cc2c(cc1C)-c1nc(NC(=O)c3cccc(C)c3)sc1CC2. The zero-order chi connectivity index (χ0) is 18.3. The largest absolute Gasteiger partial charge is 0.496 e. The van der Waals surface area contributed by atoms with E-state index in [1.54, 1.807) is 18.4 Å². The molecule has 0 unspecified atom stereocenters. The topological polar surface area (TPSA) is 51.2 Å². The first-order valence-electron chi connectivity index (χ1n) is 8.61. The van der Waals surface area contributed by atoms with Crippen LogP contribution in [0.5, 0.6) is 5.75 Å². The number of hydrogen-bond donors (Lipinski definition) is 1. The molecule has 26 heavy (non-hydrogen) atoms. The number of carbonyl (C=O) groups excluding carboxylic acids is 1. The maximum Gasteiger partial charge on any atom is 0.257 e. The minimum atomic E-state index is -0.120. The molecule has 0 saturated carbocycles. The van der Waals surface area contributed by atoms with Crippen LogP contribution >= 0.6 is 11.3 Å². The number of aromatic nitrogens is 1. The van der Waals surface area contributed by atoms with Crippen LogP contribution in [0.1, 0.15) is 31.9 Å². The van der Waals surface area contributed by atoms with E-state index < -0.39 is 0 Å². The number of anilines is 1. The molecule has 2 aromatic carbocycles. The van der Waals surface area contributed by atoms with E-state index in [9.17, 15) is 4.79 Å². The van der Waals surface area contributed by atoms with E-state index in [0.717, 1.165) is 41.0 Å². The van der Waals surface area contributed by atoms with Crippen LogP contribution < -0.4 is 10.1 Å². The van der Waals surface area contributed by atoms with Gasteiger partial charge in [-0.1, -0.05) is 17.7 Å². The number of rotatable bonds is 3. The van der Waals surface area contributed by atoms with E-state index in [-0.39, 0.29) is 5.91 Å². The number of thiazole rings is 1. The predicted octanol–water partition coefficient (Wildman–Crippen LogP) is 4.79. The normalized spacial score (nSPS) is 12.3. The Labute approximate surface area is 156 Å². The van der Waals surface area contributed by atoms with Crippen LogP contribution in [0.4, 0.5) is 5.13 Å². The van der Waals surface area contributed by atoms with Crippen LogP contribution in [0.15, 0.2) is 36.4 Å². The minimum Gasteiger partial charge on any atom is -0.496 e. The van der Waals surface area contributed by atoms with Crippen molar-refractivity contribution in [2.24, 2.45) is 0 Å². The molecule has 1 aliphatic rings. The van der Waals surface area contributed by atoms with Gasteiger partial charge in [-0.3, -0.25) is 10.1 Å². The Morgan fingerprint density at radius 1 is 1.19 bits per heavy atom. The second-order valence-electron chi connectivity index (χ2n) is 6.59. The lowest BCUT2D eigenvalue weighted by Gasteiger charge is -2.17. The molecule has 0 spiro atoms. The number of methoxy groups -OCH3 is 1. The number of carbonyl (C=O) groups is 1. The van der Waals surface area contributed by atoms with Gasteiger partial charge in [-0.15, -0.1) is 11.3 Å². The van der Waals surface area contributed by atoms with Gasteiger partial charge in [-0.2, -0.15) is 0 Å². The Hall–Kier alpha value is -2.66. The van der Waals surface area contributed by atoms with E-state index in [4.69, 9.17) is 9.72 Å². The molecular weight excluding hydrogens is 344 g/mol. The van der Waals surface area contributed by atoms with Gasteiger partial charge in [0.2, 0.25) is 0 Å². The predicted molar refractivity (Wildman–Crippen MR) is 105 cm³/mol. The van der Waals surface area contributed by atoms with E-state index in [2.05, 4.69) is 17.4 Å². The van der Waals surface area contributed by atoms with E-state index in [1.807, 2.05) is 38.1 Å². The van der Waals surface area contributed by atoms with Crippen LogP contribution in [-0.4, -0.2) is 18.0 Å². The summed E-state index contributed by atoms with van der Waals surface area (Å²) >= 11 is 1.57. The summed E-state index contributed by atoms with van der Waals surface area (Å²) in [6.07, 6.45) is 1.90. The number of hydrogen-bond acceptors (Lipinski definition) is 4. The standard InChI is InChI=1S/C21H20N2O2S/c1-12-5-4-6-15(9-12)20(24)23-21-22-19-16-10-13(2)17(25-3)11-14(16)7-8-18(19)26-21/h4-6,9-11H,7-8H2,1-3H3,(H,22,23,24). The summed E-state index contributed by atoms with van der Waals surface area (Å²) in [6, 6.07) is 11.8. The molecule has 0 radical (unpaired) electrons. The van der Waals surface area contributed by atoms with Gasteiger partial charge in [0.25, 0.3) is 5.91 Å². The molecule has 1 aromatic heterocycles. The van der Waals surface area contributed by atoms with Crippen molar-refractivity contribution in [3.63, 3.8) is 0 Å². The molecule has 1 amide bonds. The molecule has 0 atom stereocenters. The van der Waals surface area contributed by atoms with E-state index in [0.29, 0.717) is 10.7 Å². The molecule has 4 rings (SSSR count). The molecule has 1 N–H and O–H groups in total. The lowest BCUT2D eigenvalue weighted by Crippen LogP contribution is -2.11. The van der Waals surface area contributed by atoms with Gasteiger partial charge in [0.1, 0.15) is 5.75 Å². The van der Waals surface area contributed by atoms with Crippen molar-refractivity contribution in [2.75, 3.05) is 12.4 Å². The number of fused-ring (bicyclic) bond motifs is 3. The van der Waals surface area contributed by atoms with Crippen LogP contribution in [0.3, 0.4) is 0 Å². The van der Waals surface area contributed by atoms with E-state index in [1.165, 1.54) is 10.4 Å². The van der Waals surface area contributed by atoms with Gasteiger partial charge >= 0.3 is 0 Å². The Morgan fingerprint density at radius 2 is 2.04 bits per heavy atom. The maximum atomic E-state index is 12.5. The monoisotopic (exact) mass is 364 g/mol. The quantitative estimate of drug-likeness (QED) is 0.727. The highest BCUT2D eigenvalue weighted by molar-refractivity contribution is 7.16. The highest BCUT2D eigenvalue weighted by Crippen LogP contribution is 2.40. The summed E-state index contributed by atoms with van der Waals surface area (Å²) in [5.41, 5.74) is 6.20. The summed E-state index contributed by atoms with van der Waals surface area (Å²) in [5, 5.41) is 3.61. The first kappa shape index (κ1) is 16.8. The van der Waals surface area contributed by atoms with Crippen molar-refractivity contribution < 1.29 is 9.53 Å². The molecule has 0 aliphatic heterocycles. The lowest BCUT2D eigenvalue weighted by atomic mass is 9.91. The second-order valence-corrected chi connectivity index (χ2v) is 7.68. The summed E-state index contributed by atoms with van der Waals surface area (Å²) in [6.45, 7) is 4.02. The molecule has 5 heteroatoms. The van der Waals surface area contributed by atoms with Gasteiger partial charge in [0.05, 0.1) is 12.8 Å². The van der Waals surface area contributed by atoms with Gasteiger partial charge in [0, 0.05) is 16.0 Å². The van der Waals surface area contributed by atoms with E-state index >= 15 is 0 Å². The third kappa shape index (κ3) is 2.99. The average molecular weight is 364 g/mol. The molecule has 1 heterocycles. The van der Waals surface area contributed by atoms with Gasteiger partial charge < -0.3 is 4.74 Å². The molecule has 4 nitrogen and oxygen atoms in total. The molecular formula is C21H20N2O2S. The number of ether oxygens (including phenoxy) is 1. The van der Waals surface area contributed by atoms with Crippen LogP contribution in [0.25, 0.3) is 11.3 Å². The third-order valence-corrected chi connectivity index (χ3v) is 5.73. The number of nitrogens with one attached hydrogen (secondary N) is 1. The molecule has 0 bridgehead atoms. The lowest BCUT2D eigenvalue weighted by molar-refractivity contribution is 0.102. The molecule has 1 aliphatic carbocycles. The summed E-state index contributed by atoms with van der Waals surface area (Å²) < 4.78 is 5.44. The van der Waals surface area contributed by atoms with Crippen molar-refractivity contribution in [3.05, 3.63) is 63.5 Å². The van der Waals surface area contributed by atoms with Crippen molar-refractivity contribution in [2.45, 2.75) is 26.7 Å². The fraction of sp³-hybridized carbons (Fsp3) is 0.238. The third-order valence-electron chi connectivity index (χ3n) is 4.70. The van der Waals surface area contributed by atoms with Crippen LogP contribution in [-0.2, 0) is 12.8 Å². The Balaban J connectivity index is 1.65. The van der Waals surface area contributed by atoms with Gasteiger partial charge in [0.15, 0.2) is 5.13 Å². The second kappa shape index (κ2) is 6.57. The molecule has 132 valence electrons. The van der Waals surface area contributed by atoms with Crippen LogP contribution in [0, 0.1) is 13.8 Å². The van der Waals surface area contributed by atoms with Gasteiger partial charge in [-0.05, 0) is 62.1 Å². The highest BCUT2D eigenvalue weighted by Gasteiger charge is 2.23. The average Bonchev–Trinajstić information content (AvgIpc) is 3.04. The number of nitrogens with zero attached hydrogens (tertiary/aromatic N) is 1. The smallest absolute Gasteiger partial charge is 0.257 e. The van der Waals surface area contributed by atoms with Crippen LogP contribution in [0.2, 0.25) is 0 Å².